The molecule has 5 unspecified atom stereocenters. The highest BCUT2D eigenvalue weighted by molar-refractivity contribution is 8.00. The van der Waals surface area contributed by atoms with E-state index in [1.165, 1.54) is 40.5 Å². The largest absolute Gasteiger partial charge is 0.307 e. The predicted molar refractivity (Wildman–Crippen MR) is 134 cm³/mol. The minimum absolute atomic E-state index is 0.00101. The van der Waals surface area contributed by atoms with E-state index in [2.05, 4.69) is 4.98 Å². The third-order valence-electron chi connectivity index (χ3n) is 8.13. The van der Waals surface area contributed by atoms with E-state index in [4.69, 9.17) is 23.2 Å². The second-order valence-electron chi connectivity index (χ2n) is 9.59. The van der Waals surface area contributed by atoms with Crippen molar-refractivity contribution in [3.8, 4) is 0 Å². The van der Waals surface area contributed by atoms with Crippen LogP contribution in [0.15, 0.2) is 52.3 Å². The lowest BCUT2D eigenvalue weighted by molar-refractivity contribution is -0.123. The van der Waals surface area contributed by atoms with Gasteiger partial charge in [-0.05, 0) is 60.1 Å². The molecule has 35 heavy (non-hydrogen) atoms. The smallest absolute Gasteiger partial charge is 0.305 e. The molecular formula is C25H17Cl2FN2O3S2. The lowest BCUT2D eigenvalue weighted by Gasteiger charge is -2.43. The molecule has 2 amide bonds. The van der Waals surface area contributed by atoms with E-state index >= 15 is 0 Å². The topological polar surface area (TPSA) is 70.2 Å². The zero-order chi connectivity index (χ0) is 24.2. The Morgan fingerprint density at radius 2 is 1.69 bits per heavy atom. The van der Waals surface area contributed by atoms with Gasteiger partial charge in [0.05, 0.1) is 32.6 Å². The fraction of sp³-hybridized carbons (Fsp3) is 0.320. The molecule has 2 bridgehead atoms. The number of aromatic amines is 1. The third-order valence-corrected chi connectivity index (χ3v) is 11.5. The highest BCUT2D eigenvalue weighted by Crippen LogP contribution is 2.69. The summed E-state index contributed by atoms with van der Waals surface area (Å²) >= 11 is 15.9. The van der Waals surface area contributed by atoms with Gasteiger partial charge in [-0.25, -0.2) is 4.39 Å². The summed E-state index contributed by atoms with van der Waals surface area (Å²) in [4.78, 5) is 44.6. The maximum Gasteiger partial charge on any atom is 0.305 e. The number of nitrogens with one attached hydrogen (secondary N) is 1. The molecule has 1 N–H and O–H groups in total. The maximum atomic E-state index is 13.7. The summed E-state index contributed by atoms with van der Waals surface area (Å²) in [5.74, 6) is -1.88. The lowest BCUT2D eigenvalue weighted by Crippen LogP contribution is -2.42. The molecule has 1 aromatic heterocycles. The fourth-order valence-corrected chi connectivity index (χ4v) is 10.3. The summed E-state index contributed by atoms with van der Waals surface area (Å²) in [7, 11) is 0. The van der Waals surface area contributed by atoms with Crippen molar-refractivity contribution in [2.24, 2.45) is 29.6 Å². The first-order chi connectivity index (χ1) is 16.8. The van der Waals surface area contributed by atoms with Gasteiger partial charge in [-0.3, -0.25) is 19.3 Å². The van der Waals surface area contributed by atoms with Crippen LogP contribution in [0.1, 0.15) is 22.8 Å². The fourth-order valence-electron chi connectivity index (χ4n) is 6.97. The molecule has 2 aliphatic heterocycles. The van der Waals surface area contributed by atoms with Gasteiger partial charge in [0, 0.05) is 16.0 Å². The number of nitrogens with zero attached hydrogens (tertiary/aromatic N) is 1. The number of thioether (sulfide) groups is 1. The summed E-state index contributed by atoms with van der Waals surface area (Å²) in [5, 5.41) is 1.78. The zero-order valence-electron chi connectivity index (χ0n) is 17.9. The minimum atomic E-state index is -0.433. The number of amides is 2. The van der Waals surface area contributed by atoms with Crippen LogP contribution in [0.25, 0.3) is 0 Å². The Hall–Kier alpha value is -2.13. The average molecular weight is 547 g/mol. The van der Waals surface area contributed by atoms with E-state index in [0.717, 1.165) is 21.9 Å². The maximum absolute atomic E-state index is 13.7. The summed E-state index contributed by atoms with van der Waals surface area (Å²) in [6.45, 7) is 0. The number of imide groups is 1. The van der Waals surface area contributed by atoms with E-state index < -0.39 is 17.7 Å². The highest BCUT2D eigenvalue weighted by Gasteiger charge is 2.69. The molecule has 1 saturated heterocycles. The van der Waals surface area contributed by atoms with Crippen LogP contribution >= 0.6 is 46.3 Å². The summed E-state index contributed by atoms with van der Waals surface area (Å²) in [6.07, 6.45) is 0.778. The van der Waals surface area contributed by atoms with Crippen molar-refractivity contribution in [2.75, 3.05) is 4.90 Å². The highest BCUT2D eigenvalue weighted by atomic mass is 35.5. The van der Waals surface area contributed by atoms with Crippen molar-refractivity contribution in [1.82, 2.24) is 4.98 Å². The Morgan fingerprint density at radius 3 is 2.43 bits per heavy atom. The van der Waals surface area contributed by atoms with Crippen molar-refractivity contribution in [3.05, 3.63) is 78.4 Å². The van der Waals surface area contributed by atoms with Crippen LogP contribution in [-0.2, 0) is 9.59 Å². The van der Waals surface area contributed by atoms with Gasteiger partial charge in [-0.2, -0.15) is 0 Å². The number of carbonyl (C=O) groups is 2. The number of rotatable bonds is 2. The Labute approximate surface area is 217 Å². The van der Waals surface area contributed by atoms with E-state index in [9.17, 15) is 18.8 Å². The molecule has 10 heteroatoms. The number of carbonyl (C=O) groups excluding carboxylic acids is 2. The van der Waals surface area contributed by atoms with Crippen LogP contribution < -0.4 is 9.77 Å². The van der Waals surface area contributed by atoms with Gasteiger partial charge in [0.2, 0.25) is 11.8 Å². The van der Waals surface area contributed by atoms with Crippen molar-refractivity contribution in [1.29, 1.82) is 0 Å². The van der Waals surface area contributed by atoms with E-state index in [-0.39, 0.29) is 45.6 Å². The van der Waals surface area contributed by atoms with E-state index in [1.807, 2.05) is 12.1 Å². The molecule has 3 heterocycles. The van der Waals surface area contributed by atoms with Crippen molar-refractivity contribution in [2.45, 2.75) is 22.6 Å². The van der Waals surface area contributed by atoms with Gasteiger partial charge in [-0.15, -0.1) is 11.8 Å². The molecule has 0 radical (unpaired) electrons. The number of thiazole rings is 1. The molecule has 2 saturated carbocycles. The Bertz CT molecular complexity index is 1470. The molecule has 178 valence electrons. The number of H-pyrrole nitrogens is 1. The Balaban J connectivity index is 1.35. The normalized spacial score (nSPS) is 32.7. The molecule has 7 rings (SSSR count). The van der Waals surface area contributed by atoms with Crippen LogP contribution in [-0.4, -0.2) is 22.0 Å². The van der Waals surface area contributed by atoms with Crippen LogP contribution in [0.3, 0.4) is 0 Å². The quantitative estimate of drug-likeness (QED) is 0.427. The van der Waals surface area contributed by atoms with Crippen LogP contribution in [0.4, 0.5) is 10.1 Å². The van der Waals surface area contributed by atoms with Crippen LogP contribution in [0, 0.1) is 35.4 Å². The van der Waals surface area contributed by atoms with Crippen molar-refractivity contribution < 1.29 is 14.0 Å². The number of hydrogen-bond donors (Lipinski definition) is 1. The number of halogens is 3. The van der Waals surface area contributed by atoms with Gasteiger partial charge in [0.15, 0.2) is 0 Å². The molecule has 3 aromatic rings. The third kappa shape index (κ3) is 2.97. The van der Waals surface area contributed by atoms with Gasteiger partial charge in [0.25, 0.3) is 0 Å². The molecular weight excluding hydrogens is 530 g/mol. The van der Waals surface area contributed by atoms with E-state index in [1.54, 1.807) is 17.8 Å². The first kappa shape index (κ1) is 22.1. The number of anilines is 1. The van der Waals surface area contributed by atoms with Gasteiger partial charge >= 0.3 is 4.87 Å². The summed E-state index contributed by atoms with van der Waals surface area (Å²) in [6, 6.07) is 11.0. The molecule has 4 aliphatic rings. The molecule has 2 aliphatic carbocycles. The van der Waals surface area contributed by atoms with Crippen molar-refractivity contribution in [3.63, 3.8) is 0 Å². The van der Waals surface area contributed by atoms with Gasteiger partial charge in [0.1, 0.15) is 5.82 Å². The molecule has 0 spiro atoms. The van der Waals surface area contributed by atoms with Crippen LogP contribution in [0.5, 0.6) is 0 Å². The predicted octanol–water partition coefficient (Wildman–Crippen LogP) is 5.56. The molecule has 7 atom stereocenters. The second-order valence-corrected chi connectivity index (χ2v) is 12.6. The second kappa shape index (κ2) is 7.68. The first-order valence-electron chi connectivity index (χ1n) is 11.3. The summed E-state index contributed by atoms with van der Waals surface area (Å²) in [5.41, 5.74) is 1.26. The van der Waals surface area contributed by atoms with Crippen LogP contribution in [0.2, 0.25) is 10.0 Å². The van der Waals surface area contributed by atoms with Crippen molar-refractivity contribution >= 4 is 63.8 Å². The Kier molecular flexibility index (Phi) is 4.85. The monoisotopic (exact) mass is 546 g/mol. The molecule has 3 fully saturated rings. The standard InChI is InChI=1S/C25H17Cl2FN2O3S2/c26-14-3-1-2-11(19(14)27)15-16-12-8-13(20(16)34-22-21(15)35-25(33)29-22)18-17(12)23(31)30(24(18)32)10-6-4-9(28)5-7-10/h1-7,12-13,15-18,20H,8H2,(H,29,33)/t12-,13-,15?,16?,17?,18?,20?/m1/s1. The lowest BCUT2D eigenvalue weighted by atomic mass is 9.68. The SMILES string of the molecule is O=C1C2C(C(=O)N1c1ccc(F)cc1)[C@@H]1C[C@H]2C2Sc3[nH]c(=O)sc3C(c3cccc(Cl)c3Cl)C21. The van der Waals surface area contributed by atoms with Gasteiger partial charge < -0.3 is 4.98 Å². The number of fused-ring (bicyclic) bond motifs is 9. The zero-order valence-corrected chi connectivity index (χ0v) is 21.1. The molecule has 5 nitrogen and oxygen atoms in total. The Morgan fingerprint density at radius 1 is 0.971 bits per heavy atom. The molecule has 2 aromatic carbocycles. The summed E-state index contributed by atoms with van der Waals surface area (Å²) < 4.78 is 13.5. The van der Waals surface area contributed by atoms with Gasteiger partial charge in [-0.1, -0.05) is 46.7 Å². The number of benzene rings is 2. The number of hydrogen-bond acceptors (Lipinski definition) is 5. The first-order valence-corrected chi connectivity index (χ1v) is 13.8. The number of aromatic nitrogens is 1. The average Bonchev–Trinajstić information content (AvgIpc) is 3.56. The van der Waals surface area contributed by atoms with E-state index in [0.29, 0.717) is 15.7 Å². The minimum Gasteiger partial charge on any atom is -0.307 e.